The van der Waals surface area contributed by atoms with Gasteiger partial charge in [0.05, 0.1) is 5.92 Å². The average molecular weight is 441 g/mol. The lowest BCUT2D eigenvalue weighted by atomic mass is 9.78. The van der Waals surface area contributed by atoms with Crippen molar-refractivity contribution in [1.29, 1.82) is 0 Å². The second kappa shape index (κ2) is 9.51. The Morgan fingerprint density at radius 1 is 1.12 bits per heavy atom. The Kier molecular flexibility index (Phi) is 6.14. The van der Waals surface area contributed by atoms with Gasteiger partial charge in [-0.2, -0.15) is 0 Å². The summed E-state index contributed by atoms with van der Waals surface area (Å²) in [5.41, 5.74) is 3.22. The highest BCUT2D eigenvalue weighted by atomic mass is 16.5. The van der Waals surface area contributed by atoms with Crippen LogP contribution >= 0.6 is 0 Å². The van der Waals surface area contributed by atoms with Gasteiger partial charge in [-0.25, -0.2) is 0 Å². The van der Waals surface area contributed by atoms with Crippen molar-refractivity contribution in [2.75, 3.05) is 13.1 Å². The van der Waals surface area contributed by atoms with Gasteiger partial charge in [0.15, 0.2) is 0 Å². The minimum absolute atomic E-state index is 0.132. The molecule has 6 heteroatoms. The van der Waals surface area contributed by atoms with Gasteiger partial charge in [0.25, 0.3) is 0 Å². The molecule has 1 aliphatic carbocycles. The maximum atomic E-state index is 11.1. The predicted molar refractivity (Wildman–Crippen MR) is 127 cm³/mol. The summed E-state index contributed by atoms with van der Waals surface area (Å²) in [6, 6.07) is 18.3. The topological polar surface area (TPSA) is 76.2 Å². The molecule has 0 aromatic heterocycles. The van der Waals surface area contributed by atoms with Gasteiger partial charge in [0.2, 0.25) is 0 Å². The van der Waals surface area contributed by atoms with Crippen molar-refractivity contribution in [2.45, 2.75) is 38.0 Å². The molecule has 2 aliphatic heterocycles. The number of aliphatic carboxylic acids is 1. The summed E-state index contributed by atoms with van der Waals surface area (Å²) in [7, 11) is 0. The summed E-state index contributed by atoms with van der Waals surface area (Å²) >= 11 is 0. The van der Waals surface area contributed by atoms with Gasteiger partial charge in [-0.1, -0.05) is 53.9 Å². The molecule has 2 heterocycles. The van der Waals surface area contributed by atoms with Gasteiger partial charge in [-0.05, 0) is 67.5 Å². The SMILES string of the molecule is O=C(O)C1CC(N2CCC3[N-]C(C#Cc4ccc(OCc5ccccc5)cc4)=NC=C3C2)C1. The number of fused-ring (bicyclic) bond motifs is 1. The second-order valence-corrected chi connectivity index (χ2v) is 8.77. The molecule has 0 spiro atoms. The standard InChI is InChI=1S/C27H27N3O3/c31-27(32)21-14-23(15-21)30-13-12-25-22(17-30)16-28-26(29-25)11-8-19-6-9-24(10-7-19)33-18-20-4-2-1-3-5-20/h1-7,9-10,16,21,23,25H,12-15,17-18H2,(H2,28,29,31,32)/p-1. The smallest absolute Gasteiger partial charge is 0.306 e. The van der Waals surface area contributed by atoms with Crippen molar-refractivity contribution >= 4 is 11.8 Å². The summed E-state index contributed by atoms with van der Waals surface area (Å²) in [5.74, 6) is 6.76. The maximum Gasteiger partial charge on any atom is 0.306 e. The number of amidine groups is 1. The van der Waals surface area contributed by atoms with Gasteiger partial charge in [-0.15, -0.1) is 0 Å². The van der Waals surface area contributed by atoms with Crippen molar-refractivity contribution in [3.63, 3.8) is 0 Å². The molecule has 2 fully saturated rings. The van der Waals surface area contributed by atoms with Crippen LogP contribution in [-0.2, 0) is 11.4 Å². The normalized spacial score (nSPS) is 24.1. The first-order valence-electron chi connectivity index (χ1n) is 11.4. The van der Waals surface area contributed by atoms with Crippen LogP contribution in [0.1, 0.15) is 30.4 Å². The monoisotopic (exact) mass is 440 g/mol. The molecule has 168 valence electrons. The van der Waals surface area contributed by atoms with Crippen molar-refractivity contribution in [3.8, 4) is 17.6 Å². The van der Waals surface area contributed by atoms with Crippen molar-refractivity contribution < 1.29 is 14.6 Å². The number of benzene rings is 2. The van der Waals surface area contributed by atoms with E-state index in [2.05, 4.69) is 21.7 Å². The van der Waals surface area contributed by atoms with E-state index in [-0.39, 0.29) is 12.0 Å². The summed E-state index contributed by atoms with van der Waals surface area (Å²) in [4.78, 5) is 17.9. The van der Waals surface area contributed by atoms with Crippen LogP contribution in [0.25, 0.3) is 5.32 Å². The molecule has 2 aromatic rings. The minimum atomic E-state index is -0.671. The lowest BCUT2D eigenvalue weighted by Crippen LogP contribution is -2.51. The van der Waals surface area contributed by atoms with Crippen LogP contribution in [0.5, 0.6) is 5.75 Å². The van der Waals surface area contributed by atoms with E-state index in [0.29, 0.717) is 18.5 Å². The maximum absolute atomic E-state index is 11.1. The molecule has 5 rings (SSSR count). The summed E-state index contributed by atoms with van der Waals surface area (Å²) in [6.45, 7) is 2.30. The Balaban J connectivity index is 1.15. The number of piperidine rings is 1. The fourth-order valence-corrected chi connectivity index (χ4v) is 4.46. The van der Waals surface area contributed by atoms with Crippen molar-refractivity contribution in [2.24, 2.45) is 10.9 Å². The van der Waals surface area contributed by atoms with Crippen LogP contribution in [0.15, 0.2) is 71.4 Å². The van der Waals surface area contributed by atoms with E-state index in [9.17, 15) is 4.79 Å². The lowest BCUT2D eigenvalue weighted by molar-refractivity contribution is -0.147. The quantitative estimate of drug-likeness (QED) is 0.706. The second-order valence-electron chi connectivity index (χ2n) is 8.77. The van der Waals surface area contributed by atoms with Crippen molar-refractivity contribution in [3.05, 3.63) is 82.8 Å². The molecule has 3 aliphatic rings. The minimum Gasteiger partial charge on any atom is -0.489 e. The fourth-order valence-electron chi connectivity index (χ4n) is 4.46. The van der Waals surface area contributed by atoms with E-state index in [1.54, 1.807) is 0 Å². The summed E-state index contributed by atoms with van der Waals surface area (Å²) < 4.78 is 5.82. The number of aliphatic imine (C=N–C) groups is 1. The average Bonchev–Trinajstić information content (AvgIpc) is 2.81. The highest BCUT2D eigenvalue weighted by Gasteiger charge is 2.39. The largest absolute Gasteiger partial charge is 0.489 e. The Labute approximate surface area is 194 Å². The highest BCUT2D eigenvalue weighted by Crippen LogP contribution is 2.36. The Hall–Kier alpha value is -3.56. The molecule has 0 bridgehead atoms. The molecule has 33 heavy (non-hydrogen) atoms. The van der Waals surface area contributed by atoms with E-state index in [0.717, 1.165) is 49.2 Å². The molecular formula is C27H26N3O3-. The fraction of sp³-hybridized carbons (Fsp3) is 0.333. The number of hydrogen-bond donors (Lipinski definition) is 1. The van der Waals surface area contributed by atoms with Crippen LogP contribution in [0.2, 0.25) is 0 Å². The number of carboxylic acids is 1. The number of ether oxygens (including phenoxy) is 1. The molecule has 0 radical (unpaired) electrons. The summed E-state index contributed by atoms with van der Waals surface area (Å²) in [6.07, 6.45) is 4.33. The molecule has 1 saturated carbocycles. The molecule has 2 aromatic carbocycles. The molecule has 1 atom stereocenters. The molecule has 1 unspecified atom stereocenters. The first-order valence-corrected chi connectivity index (χ1v) is 11.4. The predicted octanol–water partition coefficient (Wildman–Crippen LogP) is 4.22. The van der Waals surface area contributed by atoms with Gasteiger partial charge >= 0.3 is 5.97 Å². The van der Waals surface area contributed by atoms with E-state index in [1.807, 2.05) is 60.8 Å². The molecular weight excluding hydrogens is 414 g/mol. The third-order valence-corrected chi connectivity index (χ3v) is 6.53. The van der Waals surface area contributed by atoms with E-state index in [1.165, 1.54) is 5.57 Å². The molecule has 6 nitrogen and oxygen atoms in total. The Morgan fingerprint density at radius 3 is 2.67 bits per heavy atom. The summed E-state index contributed by atoms with van der Waals surface area (Å²) in [5, 5.41) is 13.8. The molecule has 1 N–H and O–H groups in total. The van der Waals surface area contributed by atoms with E-state index in [4.69, 9.17) is 15.2 Å². The van der Waals surface area contributed by atoms with Gasteiger partial charge in [0.1, 0.15) is 12.4 Å². The third kappa shape index (κ3) is 5.10. The number of nitrogens with zero attached hydrogens (tertiary/aromatic N) is 3. The highest BCUT2D eigenvalue weighted by molar-refractivity contribution is 6.10. The number of rotatable bonds is 5. The molecule has 0 amide bonds. The van der Waals surface area contributed by atoms with Crippen LogP contribution in [0, 0.1) is 17.8 Å². The zero-order valence-electron chi connectivity index (χ0n) is 18.4. The van der Waals surface area contributed by atoms with Gasteiger partial charge in [-0.3, -0.25) is 9.69 Å². The number of hydrogen-bond acceptors (Lipinski definition) is 4. The number of carboxylic acid groups (broad SMARTS) is 1. The third-order valence-electron chi connectivity index (χ3n) is 6.53. The van der Waals surface area contributed by atoms with Crippen LogP contribution < -0.4 is 4.74 Å². The van der Waals surface area contributed by atoms with Crippen LogP contribution in [0.4, 0.5) is 0 Å². The first-order chi connectivity index (χ1) is 16.1. The van der Waals surface area contributed by atoms with Crippen molar-refractivity contribution in [1.82, 2.24) is 4.90 Å². The van der Waals surface area contributed by atoms with Gasteiger partial charge in [0, 0.05) is 18.2 Å². The lowest BCUT2D eigenvalue weighted by Gasteiger charge is -2.47. The molecule has 1 saturated heterocycles. The van der Waals surface area contributed by atoms with Crippen LogP contribution in [-0.4, -0.2) is 47.0 Å². The number of likely N-dealkylation sites (tertiary alicyclic amines) is 1. The van der Waals surface area contributed by atoms with E-state index >= 15 is 0 Å². The zero-order chi connectivity index (χ0) is 22.6. The first kappa shape index (κ1) is 21.3. The Bertz CT molecular complexity index is 1120. The van der Waals surface area contributed by atoms with E-state index < -0.39 is 5.97 Å². The number of carbonyl (C=O) groups is 1. The van der Waals surface area contributed by atoms with Gasteiger partial charge < -0.3 is 20.2 Å². The van der Waals surface area contributed by atoms with Crippen LogP contribution in [0.3, 0.4) is 0 Å². The zero-order valence-corrected chi connectivity index (χ0v) is 18.4. The Morgan fingerprint density at radius 2 is 1.91 bits per heavy atom.